The van der Waals surface area contributed by atoms with E-state index < -0.39 is 5.91 Å². The maximum Gasteiger partial charge on any atom is 0.266 e. The summed E-state index contributed by atoms with van der Waals surface area (Å²) in [5.74, 6) is 2.37. The van der Waals surface area contributed by atoms with E-state index in [2.05, 4.69) is 43.1 Å². The summed E-state index contributed by atoms with van der Waals surface area (Å²) in [7, 11) is 0. The number of amides is 1. The van der Waals surface area contributed by atoms with Gasteiger partial charge in [-0.1, -0.05) is 37.8 Å². The standard InChI is InChI=1S/C19H12Br2N2O2/c1-2-9-25-18-8-5-16(21)11-13(18)10-14(12-22)19(24)23-17-6-3-15(20)4-7-17/h1,3-8,10-11H,9H2,(H,23,24)/b14-10+. The molecule has 0 heterocycles. The van der Waals surface area contributed by atoms with E-state index >= 15 is 0 Å². The number of benzene rings is 2. The number of carbonyl (C=O) groups is 1. The molecule has 0 unspecified atom stereocenters. The molecule has 0 saturated heterocycles. The highest BCUT2D eigenvalue weighted by Crippen LogP contribution is 2.26. The Morgan fingerprint density at radius 2 is 1.88 bits per heavy atom. The van der Waals surface area contributed by atoms with E-state index in [1.807, 2.05) is 6.07 Å². The van der Waals surface area contributed by atoms with Gasteiger partial charge >= 0.3 is 0 Å². The van der Waals surface area contributed by atoms with Gasteiger partial charge in [0.2, 0.25) is 0 Å². The minimum atomic E-state index is -0.507. The van der Waals surface area contributed by atoms with Crippen LogP contribution in [0.5, 0.6) is 5.75 Å². The molecule has 2 rings (SSSR count). The molecule has 0 aliphatic rings. The third kappa shape index (κ3) is 5.49. The van der Waals surface area contributed by atoms with Crippen molar-refractivity contribution in [2.24, 2.45) is 0 Å². The summed E-state index contributed by atoms with van der Waals surface area (Å²) in [6.07, 6.45) is 6.67. The number of anilines is 1. The van der Waals surface area contributed by atoms with E-state index in [9.17, 15) is 10.1 Å². The maximum absolute atomic E-state index is 12.3. The number of rotatable bonds is 5. The van der Waals surface area contributed by atoms with Crippen molar-refractivity contribution in [3.63, 3.8) is 0 Å². The number of hydrogen-bond donors (Lipinski definition) is 1. The van der Waals surface area contributed by atoms with Crippen LogP contribution in [-0.2, 0) is 4.79 Å². The molecule has 0 spiro atoms. The maximum atomic E-state index is 12.3. The van der Waals surface area contributed by atoms with Gasteiger partial charge in [0, 0.05) is 20.2 Å². The molecule has 2 aromatic carbocycles. The Hall–Kier alpha value is -2.54. The van der Waals surface area contributed by atoms with Gasteiger partial charge in [0.1, 0.15) is 24.0 Å². The Kier molecular flexibility index (Phi) is 6.82. The number of nitrogens with one attached hydrogen (secondary N) is 1. The fourth-order valence-electron chi connectivity index (χ4n) is 1.92. The van der Waals surface area contributed by atoms with Crippen LogP contribution in [0.2, 0.25) is 0 Å². The molecule has 1 amide bonds. The zero-order valence-corrected chi connectivity index (χ0v) is 16.1. The molecule has 124 valence electrons. The molecule has 6 heteroatoms. The Morgan fingerprint density at radius 1 is 1.20 bits per heavy atom. The molecular formula is C19H12Br2N2O2. The SMILES string of the molecule is C#CCOc1ccc(Br)cc1/C=C(\C#N)C(=O)Nc1ccc(Br)cc1. The predicted molar refractivity (Wildman–Crippen MR) is 105 cm³/mol. The summed E-state index contributed by atoms with van der Waals surface area (Å²) in [5.41, 5.74) is 1.12. The number of halogens is 2. The van der Waals surface area contributed by atoms with Crippen LogP contribution in [0.15, 0.2) is 57.0 Å². The van der Waals surface area contributed by atoms with Crippen molar-refractivity contribution in [2.45, 2.75) is 0 Å². The molecule has 0 aliphatic carbocycles. The van der Waals surface area contributed by atoms with Gasteiger partial charge in [-0.05, 0) is 48.5 Å². The van der Waals surface area contributed by atoms with Gasteiger partial charge in [0.05, 0.1) is 0 Å². The fourth-order valence-corrected chi connectivity index (χ4v) is 2.56. The Balaban J connectivity index is 2.29. The molecule has 0 aliphatic heterocycles. The average Bonchev–Trinajstić information content (AvgIpc) is 2.60. The summed E-state index contributed by atoms with van der Waals surface area (Å²) < 4.78 is 7.13. The molecule has 0 aromatic heterocycles. The summed E-state index contributed by atoms with van der Waals surface area (Å²) in [4.78, 5) is 12.3. The summed E-state index contributed by atoms with van der Waals surface area (Å²) in [6, 6.07) is 14.2. The van der Waals surface area contributed by atoms with Crippen molar-refractivity contribution in [1.82, 2.24) is 0 Å². The predicted octanol–water partition coefficient (Wildman–Crippen LogP) is 4.77. The number of carbonyl (C=O) groups excluding carboxylic acids is 1. The highest BCUT2D eigenvalue weighted by Gasteiger charge is 2.12. The zero-order valence-electron chi connectivity index (χ0n) is 12.9. The Bertz CT molecular complexity index is 891. The van der Waals surface area contributed by atoms with E-state index in [4.69, 9.17) is 11.2 Å². The van der Waals surface area contributed by atoms with E-state index in [0.717, 1.165) is 8.95 Å². The first-order chi connectivity index (χ1) is 12.0. The second-order valence-corrected chi connectivity index (χ2v) is 6.64. The van der Waals surface area contributed by atoms with Crippen molar-refractivity contribution in [2.75, 3.05) is 11.9 Å². The second-order valence-electron chi connectivity index (χ2n) is 4.81. The van der Waals surface area contributed by atoms with Gasteiger partial charge in [-0.2, -0.15) is 5.26 Å². The molecule has 0 atom stereocenters. The first-order valence-corrected chi connectivity index (χ1v) is 8.66. The lowest BCUT2D eigenvalue weighted by Crippen LogP contribution is -2.13. The van der Waals surface area contributed by atoms with Crippen molar-refractivity contribution in [1.29, 1.82) is 5.26 Å². The van der Waals surface area contributed by atoms with Crippen molar-refractivity contribution in [3.8, 4) is 24.2 Å². The number of ether oxygens (including phenoxy) is 1. The number of nitrogens with zero attached hydrogens (tertiary/aromatic N) is 1. The van der Waals surface area contributed by atoms with Crippen LogP contribution >= 0.6 is 31.9 Å². The molecule has 0 fully saturated rings. The Labute approximate surface area is 162 Å². The van der Waals surface area contributed by atoms with Crippen LogP contribution in [0.25, 0.3) is 6.08 Å². The van der Waals surface area contributed by atoms with Gasteiger partial charge in [-0.15, -0.1) is 6.42 Å². The monoisotopic (exact) mass is 458 g/mol. The normalized spacial score (nSPS) is 10.5. The van der Waals surface area contributed by atoms with Gasteiger partial charge in [0.15, 0.2) is 0 Å². The summed E-state index contributed by atoms with van der Waals surface area (Å²) in [6.45, 7) is 0.0927. The van der Waals surface area contributed by atoms with E-state index in [1.165, 1.54) is 6.08 Å². The van der Waals surface area contributed by atoms with Crippen molar-refractivity contribution in [3.05, 3.63) is 62.5 Å². The molecule has 25 heavy (non-hydrogen) atoms. The van der Waals surface area contributed by atoms with E-state index in [1.54, 1.807) is 42.5 Å². The van der Waals surface area contributed by atoms with E-state index in [-0.39, 0.29) is 12.2 Å². The third-order valence-corrected chi connectivity index (χ3v) is 4.07. The van der Waals surface area contributed by atoms with Crippen LogP contribution in [0.4, 0.5) is 5.69 Å². The van der Waals surface area contributed by atoms with Crippen LogP contribution in [-0.4, -0.2) is 12.5 Å². The van der Waals surface area contributed by atoms with Gasteiger partial charge in [-0.3, -0.25) is 4.79 Å². The first kappa shape index (κ1) is 18.8. The minimum absolute atomic E-state index is 0.0495. The zero-order chi connectivity index (χ0) is 18.2. The first-order valence-electron chi connectivity index (χ1n) is 7.08. The number of nitriles is 1. The van der Waals surface area contributed by atoms with Crippen LogP contribution in [0.3, 0.4) is 0 Å². The fraction of sp³-hybridized carbons (Fsp3) is 0.0526. The molecular weight excluding hydrogens is 448 g/mol. The van der Waals surface area contributed by atoms with Gasteiger partial charge in [0.25, 0.3) is 5.91 Å². The van der Waals surface area contributed by atoms with Crippen molar-refractivity contribution >= 4 is 49.5 Å². The van der Waals surface area contributed by atoms with E-state index in [0.29, 0.717) is 17.0 Å². The molecule has 1 N–H and O–H groups in total. The highest BCUT2D eigenvalue weighted by molar-refractivity contribution is 9.10. The number of terminal acetylenes is 1. The lowest BCUT2D eigenvalue weighted by atomic mass is 10.1. The lowest BCUT2D eigenvalue weighted by Gasteiger charge is -2.08. The highest BCUT2D eigenvalue weighted by atomic mass is 79.9. The molecule has 0 bridgehead atoms. The molecule has 0 saturated carbocycles. The topological polar surface area (TPSA) is 62.1 Å². The Morgan fingerprint density at radius 3 is 2.52 bits per heavy atom. The summed E-state index contributed by atoms with van der Waals surface area (Å²) >= 11 is 6.69. The minimum Gasteiger partial charge on any atom is -0.480 e. The molecule has 2 aromatic rings. The van der Waals surface area contributed by atoms with Gasteiger partial charge in [-0.25, -0.2) is 0 Å². The number of hydrogen-bond acceptors (Lipinski definition) is 3. The second kappa shape index (κ2) is 9.08. The average molecular weight is 460 g/mol. The lowest BCUT2D eigenvalue weighted by molar-refractivity contribution is -0.112. The van der Waals surface area contributed by atoms with Crippen LogP contribution in [0.1, 0.15) is 5.56 Å². The molecule has 4 nitrogen and oxygen atoms in total. The smallest absolute Gasteiger partial charge is 0.266 e. The molecule has 0 radical (unpaired) electrons. The van der Waals surface area contributed by atoms with Crippen molar-refractivity contribution < 1.29 is 9.53 Å². The van der Waals surface area contributed by atoms with Crippen LogP contribution in [0, 0.1) is 23.7 Å². The summed E-state index contributed by atoms with van der Waals surface area (Å²) in [5, 5.41) is 12.0. The third-order valence-electron chi connectivity index (χ3n) is 3.05. The van der Waals surface area contributed by atoms with Crippen LogP contribution < -0.4 is 10.1 Å². The quantitative estimate of drug-likeness (QED) is 0.398. The largest absolute Gasteiger partial charge is 0.480 e. The van der Waals surface area contributed by atoms with Gasteiger partial charge < -0.3 is 10.1 Å².